The molecule has 0 N–H and O–H groups in total. The molecule has 0 aromatic rings. The van der Waals surface area contributed by atoms with Crippen molar-refractivity contribution in [1.82, 2.24) is 0 Å². The summed E-state index contributed by atoms with van der Waals surface area (Å²) >= 11 is 0. The summed E-state index contributed by atoms with van der Waals surface area (Å²) in [5.74, 6) is -0.319. The maximum atomic E-state index is 13.0. The molecule has 5 heteroatoms. The van der Waals surface area contributed by atoms with Crippen molar-refractivity contribution in [3.63, 3.8) is 0 Å². The van der Waals surface area contributed by atoms with Crippen molar-refractivity contribution >= 4 is 17.7 Å². The molecule has 0 heterocycles. The van der Waals surface area contributed by atoms with E-state index < -0.39 is 5.41 Å². The van der Waals surface area contributed by atoms with Crippen LogP contribution in [-0.2, 0) is 23.9 Å². The Balaban J connectivity index is 2.07. The van der Waals surface area contributed by atoms with Crippen molar-refractivity contribution in [2.75, 3.05) is 6.61 Å². The fourth-order valence-electron chi connectivity index (χ4n) is 6.04. The Labute approximate surface area is 143 Å². The molecule has 5 nitrogen and oxygen atoms in total. The standard InChI is InChI=1S/C19H28O5/c1-11(20)23-10-17(3)14(22)7-9-18(4)13-6-8-19(18,5)16(15(13)17)24-12(2)21/h13,15-16H,6-10H2,1-5H3/t13-,15-,16+,17-,18+,19+/m0/s1. The van der Waals surface area contributed by atoms with Crippen LogP contribution in [0.3, 0.4) is 0 Å². The lowest BCUT2D eigenvalue weighted by molar-refractivity contribution is -0.172. The van der Waals surface area contributed by atoms with Crippen molar-refractivity contribution in [2.45, 2.75) is 66.4 Å². The van der Waals surface area contributed by atoms with Crippen LogP contribution in [0.1, 0.15) is 60.3 Å². The molecule has 3 rings (SSSR count). The van der Waals surface area contributed by atoms with E-state index in [-0.39, 0.29) is 47.2 Å². The molecular weight excluding hydrogens is 308 g/mol. The zero-order valence-corrected chi connectivity index (χ0v) is 15.3. The van der Waals surface area contributed by atoms with Crippen LogP contribution < -0.4 is 0 Å². The Morgan fingerprint density at radius 2 is 1.75 bits per heavy atom. The van der Waals surface area contributed by atoms with Gasteiger partial charge < -0.3 is 9.47 Å². The van der Waals surface area contributed by atoms with Gasteiger partial charge in [-0.15, -0.1) is 0 Å². The first-order valence-electron chi connectivity index (χ1n) is 8.90. The van der Waals surface area contributed by atoms with Gasteiger partial charge in [0.2, 0.25) is 0 Å². The number of ketones is 1. The molecule has 3 aliphatic carbocycles. The van der Waals surface area contributed by atoms with E-state index in [1.54, 1.807) is 0 Å². The normalized spacial score (nSPS) is 46.5. The lowest BCUT2D eigenvalue weighted by Gasteiger charge is -2.46. The Bertz CT molecular complexity index is 599. The summed E-state index contributed by atoms with van der Waals surface area (Å²) in [7, 11) is 0. The summed E-state index contributed by atoms with van der Waals surface area (Å²) in [4.78, 5) is 36.1. The second-order valence-corrected chi connectivity index (χ2v) is 8.66. The summed E-state index contributed by atoms with van der Waals surface area (Å²) < 4.78 is 11.1. The third-order valence-corrected chi connectivity index (χ3v) is 7.60. The van der Waals surface area contributed by atoms with Crippen LogP contribution in [0.2, 0.25) is 0 Å². The van der Waals surface area contributed by atoms with Crippen LogP contribution in [0.5, 0.6) is 0 Å². The van der Waals surface area contributed by atoms with Crippen molar-refractivity contribution in [3.05, 3.63) is 0 Å². The molecule has 6 atom stereocenters. The van der Waals surface area contributed by atoms with Gasteiger partial charge in [0, 0.05) is 31.6 Å². The molecule has 134 valence electrons. The average molecular weight is 336 g/mol. The van der Waals surface area contributed by atoms with E-state index in [2.05, 4.69) is 13.8 Å². The van der Waals surface area contributed by atoms with Crippen molar-refractivity contribution in [2.24, 2.45) is 28.1 Å². The highest BCUT2D eigenvalue weighted by atomic mass is 16.5. The summed E-state index contributed by atoms with van der Waals surface area (Å²) in [6.45, 7) is 9.23. The topological polar surface area (TPSA) is 69.7 Å². The minimum Gasteiger partial charge on any atom is -0.465 e. The number of rotatable bonds is 3. The predicted molar refractivity (Wildman–Crippen MR) is 87.0 cm³/mol. The number of Topliss-reactive ketones (excluding diaryl/α,β-unsaturated/α-hetero) is 1. The number of hydrogen-bond acceptors (Lipinski definition) is 5. The van der Waals surface area contributed by atoms with Gasteiger partial charge in [-0.2, -0.15) is 0 Å². The third kappa shape index (κ3) is 2.09. The fourth-order valence-corrected chi connectivity index (χ4v) is 6.04. The molecule has 0 spiro atoms. The maximum absolute atomic E-state index is 13.0. The fraction of sp³-hybridized carbons (Fsp3) is 0.842. The van der Waals surface area contributed by atoms with E-state index in [4.69, 9.17) is 9.47 Å². The first-order chi connectivity index (χ1) is 11.1. The SMILES string of the molecule is CC(=O)OC[C@@]1(C)C(=O)CC[C@]2(C)[C@H]3CC[C@]2(C)[C@H](OC(C)=O)[C@H]31. The van der Waals surface area contributed by atoms with Crippen molar-refractivity contribution < 1.29 is 23.9 Å². The molecule has 0 aromatic heterocycles. The van der Waals surface area contributed by atoms with Crippen LogP contribution in [0.4, 0.5) is 0 Å². The van der Waals surface area contributed by atoms with Crippen LogP contribution in [0, 0.1) is 28.1 Å². The smallest absolute Gasteiger partial charge is 0.302 e. The Hall–Kier alpha value is -1.39. The Morgan fingerprint density at radius 3 is 2.33 bits per heavy atom. The summed E-state index contributed by atoms with van der Waals surface area (Å²) in [6.07, 6.45) is 3.09. The maximum Gasteiger partial charge on any atom is 0.302 e. The minimum atomic E-state index is -0.785. The average Bonchev–Trinajstić information content (AvgIpc) is 2.80. The van der Waals surface area contributed by atoms with Gasteiger partial charge >= 0.3 is 11.9 Å². The number of ether oxygens (including phenoxy) is 2. The Morgan fingerprint density at radius 1 is 1.08 bits per heavy atom. The van der Waals surface area contributed by atoms with Gasteiger partial charge in [0.1, 0.15) is 18.5 Å². The number of carbonyl (C=O) groups excluding carboxylic acids is 3. The summed E-state index contributed by atoms with van der Waals surface area (Å²) in [6, 6.07) is 0. The van der Waals surface area contributed by atoms with Gasteiger partial charge in [0.05, 0.1) is 5.41 Å². The summed E-state index contributed by atoms with van der Waals surface area (Å²) in [5.41, 5.74) is -0.917. The molecule has 0 unspecified atom stereocenters. The minimum absolute atomic E-state index is 0.0125. The second kappa shape index (κ2) is 5.30. The van der Waals surface area contributed by atoms with Gasteiger partial charge in [0.15, 0.2) is 0 Å². The first kappa shape index (κ1) is 17.4. The van der Waals surface area contributed by atoms with Gasteiger partial charge in [-0.05, 0) is 37.5 Å². The zero-order chi connectivity index (χ0) is 17.9. The molecule has 0 amide bonds. The second-order valence-electron chi connectivity index (χ2n) is 8.66. The molecule has 0 aromatic carbocycles. The molecule has 0 saturated heterocycles. The molecule has 0 aliphatic heterocycles. The molecule has 24 heavy (non-hydrogen) atoms. The lowest BCUT2D eigenvalue weighted by Crippen LogP contribution is -2.52. The van der Waals surface area contributed by atoms with Crippen molar-refractivity contribution in [1.29, 1.82) is 0 Å². The van der Waals surface area contributed by atoms with Crippen molar-refractivity contribution in [3.8, 4) is 0 Å². The van der Waals surface area contributed by atoms with Gasteiger partial charge in [-0.25, -0.2) is 0 Å². The van der Waals surface area contributed by atoms with Gasteiger partial charge in [0.25, 0.3) is 0 Å². The van der Waals surface area contributed by atoms with Crippen LogP contribution in [0.25, 0.3) is 0 Å². The number of esters is 2. The first-order valence-corrected chi connectivity index (χ1v) is 8.90. The highest BCUT2D eigenvalue weighted by molar-refractivity contribution is 5.86. The predicted octanol–water partition coefficient (Wildman–Crippen LogP) is 2.90. The summed E-state index contributed by atoms with van der Waals surface area (Å²) in [5, 5.41) is 0. The zero-order valence-electron chi connectivity index (χ0n) is 15.3. The van der Waals surface area contributed by atoms with Gasteiger partial charge in [-0.1, -0.05) is 13.8 Å². The largest absolute Gasteiger partial charge is 0.465 e. The molecule has 4 bridgehead atoms. The van der Waals surface area contributed by atoms with Crippen LogP contribution >= 0.6 is 0 Å². The number of carbonyl (C=O) groups is 3. The van der Waals surface area contributed by atoms with Gasteiger partial charge in [-0.3, -0.25) is 14.4 Å². The van der Waals surface area contributed by atoms with E-state index in [1.165, 1.54) is 13.8 Å². The molecule has 3 saturated carbocycles. The highest BCUT2D eigenvalue weighted by Crippen LogP contribution is 2.74. The number of hydrogen-bond donors (Lipinski definition) is 0. The van der Waals surface area contributed by atoms with E-state index in [0.29, 0.717) is 12.3 Å². The Kier molecular flexibility index (Phi) is 3.85. The molecule has 3 aliphatic rings. The monoisotopic (exact) mass is 336 g/mol. The quantitative estimate of drug-likeness (QED) is 0.741. The van der Waals surface area contributed by atoms with E-state index in [0.717, 1.165) is 19.3 Å². The highest BCUT2D eigenvalue weighted by Gasteiger charge is 2.74. The van der Waals surface area contributed by atoms with Crippen LogP contribution in [0.15, 0.2) is 0 Å². The van der Waals surface area contributed by atoms with E-state index in [1.807, 2.05) is 6.92 Å². The van der Waals surface area contributed by atoms with E-state index in [9.17, 15) is 14.4 Å². The van der Waals surface area contributed by atoms with E-state index >= 15 is 0 Å². The molecule has 0 radical (unpaired) electrons. The third-order valence-electron chi connectivity index (χ3n) is 7.60. The lowest BCUT2D eigenvalue weighted by atomic mass is 9.62. The molecule has 3 fully saturated rings. The van der Waals surface area contributed by atoms with Crippen LogP contribution in [-0.4, -0.2) is 30.4 Å². The molecular formula is C19H28O5.